The SMILES string of the molecule is CCOC(=O)CCCNc1ccc(F)cc1C#N. The minimum atomic E-state index is -0.441. The summed E-state index contributed by atoms with van der Waals surface area (Å²) in [6.45, 7) is 2.66. The van der Waals surface area contributed by atoms with E-state index in [1.807, 2.05) is 6.07 Å². The maximum absolute atomic E-state index is 12.9. The van der Waals surface area contributed by atoms with Crippen molar-refractivity contribution in [2.24, 2.45) is 0 Å². The molecule has 0 saturated carbocycles. The van der Waals surface area contributed by atoms with Crippen LogP contribution in [0, 0.1) is 17.1 Å². The van der Waals surface area contributed by atoms with Crippen LogP contribution in [0.15, 0.2) is 18.2 Å². The monoisotopic (exact) mass is 250 g/mol. The third-order valence-electron chi connectivity index (χ3n) is 2.28. The topological polar surface area (TPSA) is 62.1 Å². The Morgan fingerprint density at radius 3 is 3.00 bits per heavy atom. The average molecular weight is 250 g/mol. The molecule has 0 atom stereocenters. The van der Waals surface area contributed by atoms with Crippen molar-refractivity contribution in [2.45, 2.75) is 19.8 Å². The molecule has 1 aromatic carbocycles. The first-order valence-electron chi connectivity index (χ1n) is 5.76. The fourth-order valence-corrected chi connectivity index (χ4v) is 1.45. The van der Waals surface area contributed by atoms with Gasteiger partial charge in [0, 0.05) is 13.0 Å². The van der Waals surface area contributed by atoms with E-state index in [1.165, 1.54) is 18.2 Å². The number of esters is 1. The predicted octanol–water partition coefficient (Wildman–Crippen LogP) is 2.45. The van der Waals surface area contributed by atoms with Crippen LogP contribution >= 0.6 is 0 Å². The summed E-state index contributed by atoms with van der Waals surface area (Å²) in [5, 5.41) is 11.8. The van der Waals surface area contributed by atoms with Gasteiger partial charge in [0.05, 0.1) is 17.9 Å². The molecule has 0 bridgehead atoms. The Kier molecular flexibility index (Phi) is 5.65. The van der Waals surface area contributed by atoms with Crippen molar-refractivity contribution in [2.75, 3.05) is 18.5 Å². The summed E-state index contributed by atoms with van der Waals surface area (Å²) in [6.07, 6.45) is 0.922. The molecule has 0 heterocycles. The second-order valence-electron chi connectivity index (χ2n) is 3.64. The van der Waals surface area contributed by atoms with E-state index in [-0.39, 0.29) is 11.5 Å². The summed E-state index contributed by atoms with van der Waals surface area (Å²) >= 11 is 0. The molecule has 0 amide bonds. The number of ether oxygens (including phenoxy) is 1. The zero-order valence-electron chi connectivity index (χ0n) is 10.2. The summed E-state index contributed by atoms with van der Waals surface area (Å²) in [4.78, 5) is 11.1. The van der Waals surface area contributed by atoms with Crippen molar-refractivity contribution in [3.63, 3.8) is 0 Å². The number of benzene rings is 1. The molecule has 0 radical (unpaired) electrons. The van der Waals surface area contributed by atoms with Crippen molar-refractivity contribution in [3.8, 4) is 6.07 Å². The van der Waals surface area contributed by atoms with E-state index in [9.17, 15) is 9.18 Å². The molecule has 0 aliphatic carbocycles. The molecule has 0 unspecified atom stereocenters. The van der Waals surface area contributed by atoms with Crippen LogP contribution in [0.3, 0.4) is 0 Å². The molecule has 4 nitrogen and oxygen atoms in total. The second kappa shape index (κ2) is 7.28. The Bertz CT molecular complexity index is 455. The van der Waals surface area contributed by atoms with Gasteiger partial charge < -0.3 is 10.1 Å². The van der Waals surface area contributed by atoms with Gasteiger partial charge in [0.25, 0.3) is 0 Å². The molecule has 0 aliphatic rings. The van der Waals surface area contributed by atoms with E-state index in [0.717, 1.165) is 0 Å². The number of nitriles is 1. The first-order valence-corrected chi connectivity index (χ1v) is 5.76. The standard InChI is InChI=1S/C13H15FN2O2/c1-2-18-13(17)4-3-7-16-12-6-5-11(14)8-10(12)9-15/h5-6,8,16H,2-4,7H2,1H3. The molecule has 18 heavy (non-hydrogen) atoms. The quantitative estimate of drug-likeness (QED) is 0.622. The molecule has 1 N–H and O–H groups in total. The summed E-state index contributed by atoms with van der Waals surface area (Å²) in [5.74, 6) is -0.678. The van der Waals surface area contributed by atoms with Crippen LogP contribution in [0.5, 0.6) is 0 Å². The molecule has 1 rings (SSSR count). The summed E-state index contributed by atoms with van der Waals surface area (Å²) in [6, 6.07) is 5.88. The van der Waals surface area contributed by atoms with Crippen molar-refractivity contribution in [3.05, 3.63) is 29.6 Å². The van der Waals surface area contributed by atoms with Gasteiger partial charge in [0.15, 0.2) is 0 Å². The Morgan fingerprint density at radius 2 is 2.33 bits per heavy atom. The predicted molar refractivity (Wildman–Crippen MR) is 65.5 cm³/mol. The number of halogens is 1. The van der Waals surface area contributed by atoms with Crippen LogP contribution in [-0.2, 0) is 9.53 Å². The van der Waals surface area contributed by atoms with Crippen molar-refractivity contribution in [1.29, 1.82) is 5.26 Å². The lowest BCUT2D eigenvalue weighted by Crippen LogP contribution is -2.08. The average Bonchev–Trinajstić information content (AvgIpc) is 2.36. The van der Waals surface area contributed by atoms with Crippen LogP contribution in [0.25, 0.3) is 0 Å². The molecule has 0 saturated heterocycles. The van der Waals surface area contributed by atoms with Crippen LogP contribution in [0.1, 0.15) is 25.3 Å². The van der Waals surface area contributed by atoms with Crippen LogP contribution in [-0.4, -0.2) is 19.1 Å². The van der Waals surface area contributed by atoms with Gasteiger partial charge in [-0.25, -0.2) is 4.39 Å². The first kappa shape index (κ1) is 14.0. The molecule has 0 spiro atoms. The van der Waals surface area contributed by atoms with E-state index in [4.69, 9.17) is 10.00 Å². The third kappa shape index (κ3) is 4.42. The van der Waals surface area contributed by atoms with Gasteiger partial charge in [0.2, 0.25) is 0 Å². The number of hydrogen-bond donors (Lipinski definition) is 1. The molecule has 0 fully saturated rings. The van der Waals surface area contributed by atoms with E-state index >= 15 is 0 Å². The van der Waals surface area contributed by atoms with E-state index in [2.05, 4.69) is 5.32 Å². The van der Waals surface area contributed by atoms with E-state index in [0.29, 0.717) is 31.7 Å². The number of anilines is 1. The van der Waals surface area contributed by atoms with E-state index in [1.54, 1.807) is 6.92 Å². The highest BCUT2D eigenvalue weighted by molar-refractivity contribution is 5.69. The smallest absolute Gasteiger partial charge is 0.305 e. The van der Waals surface area contributed by atoms with Gasteiger partial charge in [-0.1, -0.05) is 0 Å². The lowest BCUT2D eigenvalue weighted by molar-refractivity contribution is -0.143. The largest absolute Gasteiger partial charge is 0.466 e. The Morgan fingerprint density at radius 1 is 1.56 bits per heavy atom. The van der Waals surface area contributed by atoms with Gasteiger partial charge in [-0.05, 0) is 31.5 Å². The second-order valence-corrected chi connectivity index (χ2v) is 3.64. The number of carbonyl (C=O) groups excluding carboxylic acids is 1. The number of rotatable bonds is 6. The van der Waals surface area contributed by atoms with Gasteiger partial charge in [-0.2, -0.15) is 5.26 Å². The van der Waals surface area contributed by atoms with Crippen LogP contribution in [0.4, 0.5) is 10.1 Å². The minimum Gasteiger partial charge on any atom is -0.466 e. The Labute approximate surface area is 105 Å². The molecule has 0 aromatic heterocycles. The molecule has 0 aliphatic heterocycles. The summed E-state index contributed by atoms with van der Waals surface area (Å²) in [7, 11) is 0. The molecular weight excluding hydrogens is 235 g/mol. The fourth-order valence-electron chi connectivity index (χ4n) is 1.45. The number of nitrogens with one attached hydrogen (secondary N) is 1. The third-order valence-corrected chi connectivity index (χ3v) is 2.28. The Hall–Kier alpha value is -2.09. The number of nitrogens with zero attached hydrogens (tertiary/aromatic N) is 1. The first-order chi connectivity index (χ1) is 8.67. The van der Waals surface area contributed by atoms with Gasteiger partial charge in [-0.15, -0.1) is 0 Å². The highest BCUT2D eigenvalue weighted by atomic mass is 19.1. The summed E-state index contributed by atoms with van der Waals surface area (Å²) in [5.41, 5.74) is 0.828. The molecular formula is C13H15FN2O2. The zero-order chi connectivity index (χ0) is 13.4. The maximum Gasteiger partial charge on any atom is 0.305 e. The highest BCUT2D eigenvalue weighted by Gasteiger charge is 2.04. The van der Waals surface area contributed by atoms with Gasteiger partial charge in [-0.3, -0.25) is 4.79 Å². The normalized spacial score (nSPS) is 9.61. The molecule has 5 heteroatoms. The van der Waals surface area contributed by atoms with Gasteiger partial charge in [0.1, 0.15) is 11.9 Å². The highest BCUT2D eigenvalue weighted by Crippen LogP contribution is 2.15. The van der Waals surface area contributed by atoms with Crippen molar-refractivity contribution < 1.29 is 13.9 Å². The summed E-state index contributed by atoms with van der Waals surface area (Å²) < 4.78 is 17.7. The molecule has 96 valence electrons. The molecule has 1 aromatic rings. The fraction of sp³-hybridized carbons (Fsp3) is 0.385. The van der Waals surface area contributed by atoms with Crippen LogP contribution < -0.4 is 5.32 Å². The lowest BCUT2D eigenvalue weighted by Gasteiger charge is -2.07. The van der Waals surface area contributed by atoms with Crippen LogP contribution in [0.2, 0.25) is 0 Å². The zero-order valence-corrected chi connectivity index (χ0v) is 10.2. The van der Waals surface area contributed by atoms with Gasteiger partial charge >= 0.3 is 5.97 Å². The van der Waals surface area contributed by atoms with E-state index < -0.39 is 5.82 Å². The van der Waals surface area contributed by atoms with Crippen molar-refractivity contribution in [1.82, 2.24) is 0 Å². The number of carbonyl (C=O) groups is 1. The Balaban J connectivity index is 2.40. The minimum absolute atomic E-state index is 0.237. The van der Waals surface area contributed by atoms with Crippen molar-refractivity contribution >= 4 is 11.7 Å². The maximum atomic E-state index is 12.9. The number of hydrogen-bond acceptors (Lipinski definition) is 4. The lowest BCUT2D eigenvalue weighted by atomic mass is 10.2.